The molecule has 0 radical (unpaired) electrons. The molecule has 0 fully saturated rings. The zero-order valence-electron chi connectivity index (χ0n) is 10.9. The number of carboxylic acids is 1. The molecular formula is C13H16N2O4S. The van der Waals surface area contributed by atoms with Crippen LogP contribution >= 0.6 is 0 Å². The quantitative estimate of drug-likeness (QED) is 0.801. The fourth-order valence-corrected chi connectivity index (χ4v) is 1.85. The molecule has 7 heteroatoms. The van der Waals surface area contributed by atoms with Gasteiger partial charge >= 0.3 is 5.97 Å². The van der Waals surface area contributed by atoms with E-state index in [-0.39, 0.29) is 11.3 Å². The number of nitrogens with one attached hydrogen (secondary N) is 1. The predicted octanol–water partition coefficient (Wildman–Crippen LogP) is 1.81. The Balaban J connectivity index is 0.000000347. The van der Waals surface area contributed by atoms with Gasteiger partial charge in [0.1, 0.15) is 0 Å². The number of hydrogen-bond donors (Lipinski definition) is 3. The van der Waals surface area contributed by atoms with E-state index in [2.05, 4.69) is 4.98 Å². The molecule has 2 aromatic rings. The third-order valence-electron chi connectivity index (χ3n) is 2.39. The summed E-state index contributed by atoms with van der Waals surface area (Å²) >= 11 is 0. The van der Waals surface area contributed by atoms with Crippen molar-refractivity contribution in [1.29, 1.82) is 0 Å². The van der Waals surface area contributed by atoms with Gasteiger partial charge in [0.2, 0.25) is 10.0 Å². The molecule has 20 heavy (non-hydrogen) atoms. The number of aromatic amines is 1. The molecule has 6 nitrogen and oxygen atoms in total. The highest BCUT2D eigenvalue weighted by atomic mass is 32.2. The van der Waals surface area contributed by atoms with Crippen LogP contribution < -0.4 is 5.14 Å². The molecule has 0 unspecified atom stereocenters. The van der Waals surface area contributed by atoms with Gasteiger partial charge in [-0.25, -0.2) is 13.6 Å². The Labute approximate surface area is 117 Å². The summed E-state index contributed by atoms with van der Waals surface area (Å²) in [5.74, 6) is -0.745. The molecule has 0 aliphatic heterocycles. The van der Waals surface area contributed by atoms with E-state index in [1.807, 2.05) is 18.3 Å². The maximum absolute atomic E-state index is 11.0. The molecule has 1 aromatic carbocycles. The highest BCUT2D eigenvalue weighted by Crippen LogP contribution is 2.18. The molecule has 2 rings (SSSR count). The average Bonchev–Trinajstić information content (AvgIpc) is 2.92. The second-order valence-electron chi connectivity index (χ2n) is 3.90. The Kier molecular flexibility index (Phi) is 5.48. The number of carboxylic acid groups (broad SMARTS) is 1. The number of rotatable bonds is 3. The number of sulfonamides is 1. The number of carbonyl (C=O) groups is 1. The summed E-state index contributed by atoms with van der Waals surface area (Å²) in [5, 5.41) is 12.7. The summed E-state index contributed by atoms with van der Waals surface area (Å²) in [6.45, 7) is 1.60. The van der Waals surface area contributed by atoms with Crippen molar-refractivity contribution < 1.29 is 18.3 Å². The van der Waals surface area contributed by atoms with Crippen LogP contribution in [0.3, 0.4) is 0 Å². The van der Waals surface area contributed by atoms with Crippen molar-refractivity contribution in [3.05, 3.63) is 42.6 Å². The molecule has 0 saturated heterocycles. The lowest BCUT2D eigenvalue weighted by Crippen LogP contribution is -2.11. The maximum atomic E-state index is 11.0. The molecule has 1 aromatic heterocycles. The summed E-state index contributed by atoms with van der Waals surface area (Å²) in [7, 11) is -3.60. The molecule has 108 valence electrons. The first kappa shape index (κ1) is 15.9. The highest BCUT2D eigenvalue weighted by molar-refractivity contribution is 7.89. The van der Waals surface area contributed by atoms with Crippen LogP contribution in [0, 0.1) is 0 Å². The van der Waals surface area contributed by atoms with Crippen LogP contribution in [0.4, 0.5) is 0 Å². The SMILES string of the molecule is CCC(=O)O.NS(=O)(=O)c1ccc(-c2ccc[nH]2)cc1. The summed E-state index contributed by atoms with van der Waals surface area (Å²) in [6, 6.07) is 10.2. The largest absolute Gasteiger partial charge is 0.481 e. The summed E-state index contributed by atoms with van der Waals surface area (Å²) in [5.41, 5.74) is 1.86. The molecule has 0 saturated carbocycles. The fourth-order valence-electron chi connectivity index (χ4n) is 1.33. The number of aliphatic carboxylic acids is 1. The topological polar surface area (TPSA) is 113 Å². The van der Waals surface area contributed by atoms with Crippen LogP contribution in [-0.4, -0.2) is 24.5 Å². The molecule has 0 bridgehead atoms. The number of primary sulfonamides is 1. The smallest absolute Gasteiger partial charge is 0.303 e. The summed E-state index contributed by atoms with van der Waals surface area (Å²) in [6.07, 6.45) is 2.03. The third-order valence-corrected chi connectivity index (χ3v) is 3.32. The van der Waals surface area contributed by atoms with Crippen LogP contribution in [0.5, 0.6) is 0 Å². The molecule has 0 spiro atoms. The van der Waals surface area contributed by atoms with Gasteiger partial charge < -0.3 is 10.1 Å². The van der Waals surface area contributed by atoms with Crippen molar-refractivity contribution in [1.82, 2.24) is 4.98 Å². The minimum absolute atomic E-state index is 0.123. The number of aromatic nitrogens is 1. The van der Waals surface area contributed by atoms with Crippen LogP contribution in [0.15, 0.2) is 47.5 Å². The van der Waals surface area contributed by atoms with E-state index in [0.29, 0.717) is 0 Å². The van der Waals surface area contributed by atoms with E-state index in [4.69, 9.17) is 10.2 Å². The lowest BCUT2D eigenvalue weighted by molar-refractivity contribution is -0.136. The van der Waals surface area contributed by atoms with Crippen LogP contribution in [0.1, 0.15) is 13.3 Å². The molecular weight excluding hydrogens is 280 g/mol. The average molecular weight is 296 g/mol. The maximum Gasteiger partial charge on any atom is 0.303 e. The standard InChI is InChI=1S/C10H10N2O2S.C3H6O2/c11-15(13,14)9-5-3-8(4-6-9)10-2-1-7-12-10;1-2-3(4)5/h1-7,12H,(H2,11,13,14);2H2,1H3,(H,4,5). The first-order valence-corrected chi connectivity index (χ1v) is 7.37. The molecule has 0 amide bonds. The van der Waals surface area contributed by atoms with Crippen molar-refractivity contribution in [3.8, 4) is 11.3 Å². The van der Waals surface area contributed by atoms with Crippen molar-refractivity contribution in [3.63, 3.8) is 0 Å². The lowest BCUT2D eigenvalue weighted by atomic mass is 10.2. The van der Waals surface area contributed by atoms with Crippen LogP contribution in [0.25, 0.3) is 11.3 Å². The highest BCUT2D eigenvalue weighted by Gasteiger charge is 2.07. The van der Waals surface area contributed by atoms with Gasteiger partial charge in [0.15, 0.2) is 0 Å². The van der Waals surface area contributed by atoms with Gasteiger partial charge in [-0.05, 0) is 29.8 Å². The molecule has 0 aliphatic rings. The summed E-state index contributed by atoms with van der Waals surface area (Å²) in [4.78, 5) is 12.5. The van der Waals surface area contributed by atoms with Gasteiger partial charge in [0.25, 0.3) is 0 Å². The number of nitrogens with two attached hydrogens (primary N) is 1. The van der Waals surface area contributed by atoms with Crippen molar-refractivity contribution >= 4 is 16.0 Å². The van der Waals surface area contributed by atoms with Crippen molar-refractivity contribution in [2.45, 2.75) is 18.2 Å². The summed E-state index contributed by atoms with van der Waals surface area (Å²) < 4.78 is 22.0. The minimum Gasteiger partial charge on any atom is -0.481 e. The van der Waals surface area contributed by atoms with Gasteiger partial charge in [-0.2, -0.15) is 0 Å². The Morgan fingerprint density at radius 3 is 2.15 bits per heavy atom. The second-order valence-corrected chi connectivity index (χ2v) is 5.46. The van der Waals surface area contributed by atoms with E-state index < -0.39 is 16.0 Å². The van der Waals surface area contributed by atoms with Gasteiger partial charge in [0, 0.05) is 18.3 Å². The van der Waals surface area contributed by atoms with Gasteiger partial charge in [-0.1, -0.05) is 19.1 Å². The van der Waals surface area contributed by atoms with E-state index in [1.54, 1.807) is 19.1 Å². The minimum atomic E-state index is -3.60. The second kappa shape index (κ2) is 6.88. The van der Waals surface area contributed by atoms with Gasteiger partial charge in [0.05, 0.1) is 4.90 Å². The zero-order valence-corrected chi connectivity index (χ0v) is 11.7. The Bertz CT molecular complexity index is 646. The number of hydrogen-bond acceptors (Lipinski definition) is 3. The molecule has 1 heterocycles. The Morgan fingerprint density at radius 2 is 1.80 bits per heavy atom. The van der Waals surface area contributed by atoms with Crippen LogP contribution in [-0.2, 0) is 14.8 Å². The monoisotopic (exact) mass is 296 g/mol. The normalized spacial score (nSPS) is 10.5. The fraction of sp³-hybridized carbons (Fsp3) is 0.154. The van der Waals surface area contributed by atoms with E-state index in [1.165, 1.54) is 12.1 Å². The van der Waals surface area contributed by atoms with Crippen molar-refractivity contribution in [2.24, 2.45) is 5.14 Å². The first-order valence-electron chi connectivity index (χ1n) is 5.83. The lowest BCUT2D eigenvalue weighted by Gasteiger charge is -2.00. The number of H-pyrrole nitrogens is 1. The van der Waals surface area contributed by atoms with Gasteiger partial charge in [-0.15, -0.1) is 0 Å². The Hall–Kier alpha value is -2.12. The zero-order chi connectivity index (χ0) is 15.2. The van der Waals surface area contributed by atoms with E-state index in [9.17, 15) is 13.2 Å². The molecule has 4 N–H and O–H groups in total. The van der Waals surface area contributed by atoms with Crippen LogP contribution in [0.2, 0.25) is 0 Å². The first-order chi connectivity index (χ1) is 9.34. The van der Waals surface area contributed by atoms with Crippen molar-refractivity contribution in [2.75, 3.05) is 0 Å². The predicted molar refractivity (Wildman–Crippen MR) is 75.5 cm³/mol. The third kappa shape index (κ3) is 4.87. The van der Waals surface area contributed by atoms with E-state index >= 15 is 0 Å². The number of benzene rings is 1. The van der Waals surface area contributed by atoms with E-state index in [0.717, 1.165) is 11.3 Å². The molecule has 0 atom stereocenters. The van der Waals surface area contributed by atoms with Gasteiger partial charge in [-0.3, -0.25) is 4.79 Å². The Morgan fingerprint density at radius 1 is 1.25 bits per heavy atom. The molecule has 0 aliphatic carbocycles.